The molecular weight excluding hydrogens is 324 g/mol. The van der Waals surface area contributed by atoms with Crippen molar-refractivity contribution >= 4 is 11.6 Å². The highest BCUT2D eigenvalue weighted by atomic mass is 16.5. The fourth-order valence-corrected chi connectivity index (χ4v) is 2.25. The molecule has 0 amide bonds. The van der Waals surface area contributed by atoms with Crippen LogP contribution in [0.15, 0.2) is 27.7 Å². The highest BCUT2D eigenvalue weighted by molar-refractivity contribution is 5.94. The van der Waals surface area contributed by atoms with Crippen LogP contribution in [0.25, 0.3) is 0 Å². The Balaban J connectivity index is 2.10. The van der Waals surface area contributed by atoms with Crippen molar-refractivity contribution in [1.82, 2.24) is 10.5 Å². The van der Waals surface area contributed by atoms with E-state index in [0.29, 0.717) is 29.8 Å². The Kier molecular flexibility index (Phi) is 6.50. The average molecular weight is 348 g/mol. The van der Waals surface area contributed by atoms with Gasteiger partial charge in [-0.15, -0.1) is 0 Å². The largest absolute Gasteiger partial charge is 0.493 e. The summed E-state index contributed by atoms with van der Waals surface area (Å²) in [5, 5.41) is 10.3. The number of hydrogen-bond donors (Lipinski definition) is 2. The van der Waals surface area contributed by atoms with Crippen molar-refractivity contribution in [1.29, 1.82) is 0 Å². The molecule has 136 valence electrons. The molecule has 0 saturated heterocycles. The normalized spacial score (nSPS) is 11.2. The second-order valence-corrected chi connectivity index (χ2v) is 5.10. The number of aromatic nitrogens is 1. The second-order valence-electron chi connectivity index (χ2n) is 5.10. The third-order valence-corrected chi connectivity index (χ3v) is 3.55. The zero-order valence-corrected chi connectivity index (χ0v) is 15.2. The van der Waals surface area contributed by atoms with Gasteiger partial charge in [0, 0.05) is 30.9 Å². The molecule has 0 radical (unpaired) electrons. The first kappa shape index (κ1) is 18.4. The standard InChI is InChI=1S/C17H24N4O4/c1-6-11-7-13(25-21-11)10-19-17(18-2)20-12-8-14(22-3)16(24-5)15(9-12)23-4/h7-9H,6,10H2,1-5H3,(H2,18,19,20). The third-order valence-electron chi connectivity index (χ3n) is 3.55. The Bertz CT molecular complexity index is 702. The Morgan fingerprint density at radius 3 is 2.28 bits per heavy atom. The van der Waals surface area contributed by atoms with E-state index in [9.17, 15) is 0 Å². The van der Waals surface area contributed by atoms with Crippen LogP contribution >= 0.6 is 0 Å². The van der Waals surface area contributed by atoms with Crippen molar-refractivity contribution in [2.75, 3.05) is 33.7 Å². The number of rotatable bonds is 7. The molecule has 1 heterocycles. The van der Waals surface area contributed by atoms with Crippen molar-refractivity contribution in [2.45, 2.75) is 19.9 Å². The van der Waals surface area contributed by atoms with Gasteiger partial charge in [0.2, 0.25) is 5.75 Å². The summed E-state index contributed by atoms with van der Waals surface area (Å²) in [6.07, 6.45) is 0.835. The molecule has 2 N–H and O–H groups in total. The van der Waals surface area contributed by atoms with E-state index < -0.39 is 0 Å². The maximum Gasteiger partial charge on any atom is 0.203 e. The third kappa shape index (κ3) is 4.56. The number of aryl methyl sites for hydroxylation is 1. The van der Waals surface area contributed by atoms with Gasteiger partial charge in [-0.1, -0.05) is 12.1 Å². The van der Waals surface area contributed by atoms with Crippen molar-refractivity contribution in [3.8, 4) is 17.2 Å². The van der Waals surface area contributed by atoms with E-state index in [4.69, 9.17) is 18.7 Å². The molecule has 1 aromatic heterocycles. The van der Waals surface area contributed by atoms with Gasteiger partial charge in [-0.05, 0) is 6.42 Å². The summed E-state index contributed by atoms with van der Waals surface area (Å²) >= 11 is 0. The van der Waals surface area contributed by atoms with E-state index in [0.717, 1.165) is 23.6 Å². The first-order chi connectivity index (χ1) is 12.1. The molecule has 25 heavy (non-hydrogen) atoms. The van der Waals surface area contributed by atoms with Crippen molar-refractivity contribution in [2.24, 2.45) is 4.99 Å². The van der Waals surface area contributed by atoms with Gasteiger partial charge in [-0.3, -0.25) is 4.99 Å². The number of guanidine groups is 1. The van der Waals surface area contributed by atoms with Gasteiger partial charge in [0.1, 0.15) is 0 Å². The molecule has 2 rings (SSSR count). The second kappa shape index (κ2) is 8.81. The lowest BCUT2D eigenvalue weighted by atomic mass is 10.2. The fraction of sp³-hybridized carbons (Fsp3) is 0.412. The van der Waals surface area contributed by atoms with E-state index >= 15 is 0 Å². The van der Waals surface area contributed by atoms with Crippen LogP contribution in [0, 0.1) is 0 Å². The van der Waals surface area contributed by atoms with Crippen molar-refractivity contribution in [3.05, 3.63) is 29.7 Å². The van der Waals surface area contributed by atoms with Crippen LogP contribution in [0.2, 0.25) is 0 Å². The number of anilines is 1. The Hall–Kier alpha value is -2.90. The van der Waals surface area contributed by atoms with Crippen LogP contribution in [0.3, 0.4) is 0 Å². The Morgan fingerprint density at radius 1 is 1.12 bits per heavy atom. The number of nitrogens with one attached hydrogen (secondary N) is 2. The van der Waals surface area contributed by atoms with Gasteiger partial charge < -0.3 is 29.4 Å². The number of nitrogens with zero attached hydrogens (tertiary/aromatic N) is 2. The maximum atomic E-state index is 5.35. The van der Waals surface area contributed by atoms with Crippen LogP contribution in [-0.4, -0.2) is 39.5 Å². The lowest BCUT2D eigenvalue weighted by Gasteiger charge is -2.16. The van der Waals surface area contributed by atoms with E-state index in [1.54, 1.807) is 40.5 Å². The van der Waals surface area contributed by atoms with Gasteiger partial charge in [0.15, 0.2) is 23.2 Å². The molecular formula is C17H24N4O4. The zero-order chi connectivity index (χ0) is 18.2. The number of benzene rings is 1. The van der Waals surface area contributed by atoms with Crippen LogP contribution in [-0.2, 0) is 13.0 Å². The molecule has 0 aliphatic rings. The topological polar surface area (TPSA) is 90.1 Å². The average Bonchev–Trinajstić information content (AvgIpc) is 3.12. The molecule has 0 unspecified atom stereocenters. The molecule has 0 spiro atoms. The van der Waals surface area contributed by atoms with Gasteiger partial charge in [0.25, 0.3) is 0 Å². The minimum atomic E-state index is 0.469. The molecule has 0 aliphatic heterocycles. The minimum absolute atomic E-state index is 0.469. The predicted octanol–water partition coefficient (Wildman–Crippen LogP) is 2.45. The van der Waals surface area contributed by atoms with Gasteiger partial charge in [-0.2, -0.15) is 0 Å². The van der Waals surface area contributed by atoms with Crippen LogP contribution in [0.1, 0.15) is 18.4 Å². The zero-order valence-electron chi connectivity index (χ0n) is 15.2. The lowest BCUT2D eigenvalue weighted by molar-refractivity contribution is 0.324. The predicted molar refractivity (Wildman–Crippen MR) is 95.8 cm³/mol. The first-order valence-electron chi connectivity index (χ1n) is 7.87. The fourth-order valence-electron chi connectivity index (χ4n) is 2.25. The van der Waals surface area contributed by atoms with Gasteiger partial charge in [0.05, 0.1) is 33.6 Å². The molecule has 0 bridgehead atoms. The maximum absolute atomic E-state index is 5.35. The number of hydrogen-bond acceptors (Lipinski definition) is 6. The van der Waals surface area contributed by atoms with Gasteiger partial charge >= 0.3 is 0 Å². The van der Waals surface area contributed by atoms with Crippen molar-refractivity contribution in [3.63, 3.8) is 0 Å². The number of methoxy groups -OCH3 is 3. The molecule has 1 aromatic carbocycles. The van der Waals surface area contributed by atoms with Crippen LogP contribution in [0.5, 0.6) is 17.2 Å². The highest BCUT2D eigenvalue weighted by Gasteiger charge is 2.14. The summed E-state index contributed by atoms with van der Waals surface area (Å²) in [4.78, 5) is 4.20. The first-order valence-corrected chi connectivity index (χ1v) is 7.87. The molecule has 0 aliphatic carbocycles. The molecule has 0 fully saturated rings. The minimum Gasteiger partial charge on any atom is -0.493 e. The lowest BCUT2D eigenvalue weighted by Crippen LogP contribution is -2.30. The SMILES string of the molecule is CCc1cc(CNC(=NC)Nc2cc(OC)c(OC)c(OC)c2)on1. The Morgan fingerprint density at radius 2 is 1.80 bits per heavy atom. The van der Waals surface area contributed by atoms with Crippen molar-refractivity contribution < 1.29 is 18.7 Å². The van der Waals surface area contributed by atoms with Gasteiger partial charge in [-0.25, -0.2) is 0 Å². The number of aliphatic imine (C=N–C) groups is 1. The quantitative estimate of drug-likeness (QED) is 0.587. The van der Waals surface area contributed by atoms with Crippen LogP contribution < -0.4 is 24.8 Å². The summed E-state index contributed by atoms with van der Waals surface area (Å²) in [5.41, 5.74) is 1.67. The molecule has 0 atom stereocenters. The molecule has 8 nitrogen and oxygen atoms in total. The van der Waals surface area contributed by atoms with E-state index in [2.05, 4.69) is 20.8 Å². The summed E-state index contributed by atoms with van der Waals surface area (Å²) in [5.74, 6) is 2.96. The van der Waals surface area contributed by atoms with Crippen LogP contribution in [0.4, 0.5) is 5.69 Å². The van der Waals surface area contributed by atoms with E-state index in [-0.39, 0.29) is 0 Å². The molecule has 0 saturated carbocycles. The summed E-state index contributed by atoms with van der Waals surface area (Å²) < 4.78 is 21.3. The molecule has 2 aromatic rings. The summed E-state index contributed by atoms with van der Waals surface area (Å²) in [6, 6.07) is 5.52. The highest BCUT2D eigenvalue weighted by Crippen LogP contribution is 2.39. The summed E-state index contributed by atoms with van der Waals surface area (Å²) in [7, 11) is 6.40. The molecule has 8 heteroatoms. The Labute approximate surface area is 147 Å². The smallest absolute Gasteiger partial charge is 0.203 e. The summed E-state index contributed by atoms with van der Waals surface area (Å²) in [6.45, 7) is 2.50. The number of ether oxygens (including phenoxy) is 3. The van der Waals surface area contributed by atoms with E-state index in [1.807, 2.05) is 13.0 Å². The van der Waals surface area contributed by atoms with E-state index in [1.165, 1.54) is 0 Å². The monoisotopic (exact) mass is 348 g/mol.